The molecule has 0 aliphatic heterocycles. The summed E-state index contributed by atoms with van der Waals surface area (Å²) in [6.45, 7) is 0. The van der Waals surface area contributed by atoms with Crippen molar-refractivity contribution >= 4 is 11.0 Å². The summed E-state index contributed by atoms with van der Waals surface area (Å²) in [5.74, 6) is -0.903. The molecule has 0 fully saturated rings. The molecule has 0 radical (unpaired) electrons. The number of halogens is 3. The maximum absolute atomic E-state index is 13.1. The molecule has 0 bridgehead atoms. The van der Waals surface area contributed by atoms with Gasteiger partial charge in [0.05, 0.1) is 11.0 Å². The molecule has 0 spiro atoms. The number of nitrogens with zero attached hydrogens (tertiary/aromatic N) is 2. The van der Waals surface area contributed by atoms with Crippen LogP contribution in [0, 0.1) is 0 Å². The fourth-order valence-electron chi connectivity index (χ4n) is 2.05. The van der Waals surface area contributed by atoms with Gasteiger partial charge in [0.1, 0.15) is 0 Å². The summed E-state index contributed by atoms with van der Waals surface area (Å²) in [5, 5.41) is 0. The van der Waals surface area contributed by atoms with Crippen molar-refractivity contribution in [1.82, 2.24) is 9.55 Å². The lowest BCUT2D eigenvalue weighted by Crippen LogP contribution is -2.13. The van der Waals surface area contributed by atoms with E-state index in [1.165, 1.54) is 0 Å². The van der Waals surface area contributed by atoms with Gasteiger partial charge in [0.25, 0.3) is 0 Å². The zero-order valence-electron chi connectivity index (χ0n) is 9.72. The van der Waals surface area contributed by atoms with Gasteiger partial charge in [-0.25, -0.2) is 4.98 Å². The molecule has 1 heterocycles. The maximum atomic E-state index is 13.1. The molecule has 0 aliphatic carbocycles. The second-order valence-corrected chi connectivity index (χ2v) is 4.09. The Morgan fingerprint density at radius 1 is 0.842 bits per heavy atom. The normalized spacial score (nSPS) is 11.9. The molecule has 0 amide bonds. The lowest BCUT2D eigenvalue weighted by Gasteiger charge is -2.11. The van der Waals surface area contributed by atoms with Crippen molar-refractivity contribution in [3.63, 3.8) is 0 Å². The van der Waals surface area contributed by atoms with Crippen LogP contribution in [-0.4, -0.2) is 9.55 Å². The van der Waals surface area contributed by atoms with Crippen molar-refractivity contribution in [2.45, 2.75) is 6.18 Å². The average molecular weight is 262 g/mol. The number of para-hydroxylation sites is 3. The lowest BCUT2D eigenvalue weighted by molar-refractivity contribution is -0.145. The second-order valence-electron chi connectivity index (χ2n) is 4.09. The number of fused-ring (bicyclic) bond motifs is 1. The lowest BCUT2D eigenvalue weighted by atomic mass is 10.3. The number of imidazole rings is 1. The molecule has 2 nitrogen and oxygen atoms in total. The number of alkyl halides is 3. The van der Waals surface area contributed by atoms with Gasteiger partial charge >= 0.3 is 6.18 Å². The molecule has 2 aromatic carbocycles. The first kappa shape index (κ1) is 11.8. The van der Waals surface area contributed by atoms with E-state index in [2.05, 4.69) is 4.98 Å². The van der Waals surface area contributed by atoms with E-state index in [-0.39, 0.29) is 0 Å². The van der Waals surface area contributed by atoms with Crippen molar-refractivity contribution in [2.24, 2.45) is 0 Å². The van der Waals surface area contributed by atoms with E-state index in [0.717, 1.165) is 4.57 Å². The molecular formula is C14H9F3N2. The molecule has 3 aromatic rings. The van der Waals surface area contributed by atoms with Crippen molar-refractivity contribution in [3.8, 4) is 5.69 Å². The van der Waals surface area contributed by atoms with Gasteiger partial charge < -0.3 is 0 Å². The van der Waals surface area contributed by atoms with Crippen LogP contribution in [0.1, 0.15) is 5.82 Å². The number of hydrogen-bond acceptors (Lipinski definition) is 1. The Morgan fingerprint density at radius 2 is 1.47 bits per heavy atom. The Labute approximate surface area is 107 Å². The van der Waals surface area contributed by atoms with Crippen LogP contribution in [0.15, 0.2) is 54.6 Å². The quantitative estimate of drug-likeness (QED) is 0.647. The van der Waals surface area contributed by atoms with Gasteiger partial charge in [-0.15, -0.1) is 0 Å². The molecule has 19 heavy (non-hydrogen) atoms. The first-order valence-electron chi connectivity index (χ1n) is 5.67. The summed E-state index contributed by atoms with van der Waals surface area (Å²) in [6.07, 6.45) is -4.49. The Balaban J connectivity index is 2.38. The second kappa shape index (κ2) is 4.12. The summed E-state index contributed by atoms with van der Waals surface area (Å²) >= 11 is 0. The van der Waals surface area contributed by atoms with Gasteiger partial charge in [-0.2, -0.15) is 13.2 Å². The monoisotopic (exact) mass is 262 g/mol. The number of hydrogen-bond donors (Lipinski definition) is 0. The molecule has 0 saturated heterocycles. The highest BCUT2D eigenvalue weighted by Crippen LogP contribution is 2.33. The van der Waals surface area contributed by atoms with Gasteiger partial charge in [0, 0.05) is 5.69 Å². The minimum Gasteiger partial charge on any atom is -0.289 e. The van der Waals surface area contributed by atoms with Crippen molar-refractivity contribution < 1.29 is 13.2 Å². The van der Waals surface area contributed by atoms with Crippen LogP contribution in [0.3, 0.4) is 0 Å². The minimum atomic E-state index is -4.49. The summed E-state index contributed by atoms with van der Waals surface area (Å²) in [6, 6.07) is 15.0. The Bertz CT molecular complexity index is 714. The third-order valence-corrected chi connectivity index (χ3v) is 2.83. The van der Waals surface area contributed by atoms with Crippen molar-refractivity contribution in [1.29, 1.82) is 0 Å². The summed E-state index contributed by atoms with van der Waals surface area (Å²) in [4.78, 5) is 3.70. The number of benzene rings is 2. The topological polar surface area (TPSA) is 17.8 Å². The van der Waals surface area contributed by atoms with Crippen molar-refractivity contribution in [3.05, 3.63) is 60.4 Å². The fourth-order valence-corrected chi connectivity index (χ4v) is 2.05. The number of rotatable bonds is 1. The van der Waals surface area contributed by atoms with Crippen molar-refractivity contribution in [2.75, 3.05) is 0 Å². The SMILES string of the molecule is FC(F)(F)c1nc2ccccc2n1-c1ccccc1. The molecule has 0 N–H and O–H groups in total. The van der Waals surface area contributed by atoms with Gasteiger partial charge in [0.2, 0.25) is 5.82 Å². The molecule has 5 heteroatoms. The Morgan fingerprint density at radius 3 is 2.16 bits per heavy atom. The van der Waals surface area contributed by atoms with Gasteiger partial charge in [-0.05, 0) is 24.3 Å². The van der Waals surface area contributed by atoms with Crippen LogP contribution in [-0.2, 0) is 6.18 Å². The van der Waals surface area contributed by atoms with Gasteiger partial charge in [-0.1, -0.05) is 30.3 Å². The molecule has 0 unspecified atom stereocenters. The third-order valence-electron chi connectivity index (χ3n) is 2.83. The highest BCUT2D eigenvalue weighted by molar-refractivity contribution is 5.78. The summed E-state index contributed by atoms with van der Waals surface area (Å²) in [5.41, 5.74) is 1.23. The average Bonchev–Trinajstić information content (AvgIpc) is 2.79. The Hall–Kier alpha value is -2.30. The highest BCUT2D eigenvalue weighted by Gasteiger charge is 2.37. The molecule has 0 saturated carbocycles. The summed E-state index contributed by atoms with van der Waals surface area (Å²) in [7, 11) is 0. The van der Waals surface area contributed by atoms with E-state index in [0.29, 0.717) is 16.7 Å². The van der Waals surface area contributed by atoms with E-state index in [4.69, 9.17) is 0 Å². The third kappa shape index (κ3) is 1.97. The van der Waals surface area contributed by atoms with E-state index >= 15 is 0 Å². The zero-order valence-corrected chi connectivity index (χ0v) is 9.72. The van der Waals surface area contributed by atoms with Gasteiger partial charge in [0.15, 0.2) is 0 Å². The molecule has 3 rings (SSSR count). The van der Waals surface area contributed by atoms with Crippen LogP contribution in [0.5, 0.6) is 0 Å². The maximum Gasteiger partial charge on any atom is 0.450 e. The largest absolute Gasteiger partial charge is 0.450 e. The zero-order chi connectivity index (χ0) is 13.5. The Kier molecular flexibility index (Phi) is 2.55. The van der Waals surface area contributed by atoms with Crippen LogP contribution >= 0.6 is 0 Å². The van der Waals surface area contributed by atoms with E-state index in [9.17, 15) is 13.2 Å². The van der Waals surface area contributed by atoms with E-state index in [1.807, 2.05) is 0 Å². The predicted molar refractivity (Wildman–Crippen MR) is 66.1 cm³/mol. The predicted octanol–water partition coefficient (Wildman–Crippen LogP) is 4.04. The first-order valence-corrected chi connectivity index (χ1v) is 5.67. The fraction of sp³-hybridized carbons (Fsp3) is 0.0714. The molecule has 96 valence electrons. The standard InChI is InChI=1S/C14H9F3N2/c15-14(16,17)13-18-11-8-4-5-9-12(11)19(13)10-6-2-1-3-7-10/h1-9H. The highest BCUT2D eigenvalue weighted by atomic mass is 19.4. The van der Waals surface area contributed by atoms with Gasteiger partial charge in [-0.3, -0.25) is 4.57 Å². The minimum absolute atomic E-state index is 0.332. The smallest absolute Gasteiger partial charge is 0.289 e. The van der Waals surface area contributed by atoms with Crippen LogP contribution in [0.2, 0.25) is 0 Å². The summed E-state index contributed by atoms with van der Waals surface area (Å²) < 4.78 is 40.4. The van der Waals surface area contributed by atoms with Crippen LogP contribution < -0.4 is 0 Å². The molecule has 1 aromatic heterocycles. The van der Waals surface area contributed by atoms with E-state index in [1.54, 1.807) is 54.6 Å². The molecule has 0 atom stereocenters. The van der Waals surface area contributed by atoms with Crippen LogP contribution in [0.4, 0.5) is 13.2 Å². The van der Waals surface area contributed by atoms with Crippen LogP contribution in [0.25, 0.3) is 16.7 Å². The molecular weight excluding hydrogens is 253 g/mol. The first-order chi connectivity index (χ1) is 9.07. The number of aromatic nitrogens is 2. The van der Waals surface area contributed by atoms with E-state index < -0.39 is 12.0 Å². The molecule has 0 aliphatic rings.